The topological polar surface area (TPSA) is 66.9 Å². The minimum Gasteiger partial charge on any atom is -0.258 e. The summed E-state index contributed by atoms with van der Waals surface area (Å²) in [6.45, 7) is 0. The molecule has 1 rings (SSSR count). The molecule has 0 aliphatic rings. The van der Waals surface area contributed by atoms with Crippen molar-refractivity contribution in [2.45, 2.75) is 12.6 Å². The van der Waals surface area contributed by atoms with Crippen molar-refractivity contribution in [3.05, 3.63) is 36.9 Å². The smallest absolute Gasteiger partial charge is 0.258 e. The van der Waals surface area contributed by atoms with E-state index in [9.17, 15) is 23.3 Å². The van der Waals surface area contributed by atoms with Crippen molar-refractivity contribution < 1.29 is 18.1 Å². The third-order valence-electron chi connectivity index (χ3n) is 1.94. The highest BCUT2D eigenvalue weighted by Gasteiger charge is 2.35. The molecule has 0 bridgehead atoms. The van der Waals surface area contributed by atoms with E-state index < -0.39 is 28.8 Å². The number of nitriles is 1. The summed E-state index contributed by atoms with van der Waals surface area (Å²) in [4.78, 5) is 9.66. The summed E-state index contributed by atoms with van der Waals surface area (Å²) in [6.07, 6.45) is -5.15. The summed E-state index contributed by atoms with van der Waals surface area (Å²) in [7, 11) is 0. The van der Waals surface area contributed by atoms with E-state index in [2.05, 4.69) is 0 Å². The molecule has 0 unspecified atom stereocenters. The van der Waals surface area contributed by atoms with Crippen LogP contribution in [-0.2, 0) is 12.6 Å². The number of hydrogen-bond acceptors (Lipinski definition) is 3. The van der Waals surface area contributed by atoms with Gasteiger partial charge in [0.15, 0.2) is 0 Å². The molecule has 0 aromatic heterocycles. The molecule has 0 amide bonds. The van der Waals surface area contributed by atoms with Gasteiger partial charge in [-0.3, -0.25) is 10.1 Å². The van der Waals surface area contributed by atoms with Gasteiger partial charge in [0.05, 0.1) is 26.5 Å². The highest BCUT2D eigenvalue weighted by atomic mass is 127. The number of rotatable bonds is 2. The second-order valence-electron chi connectivity index (χ2n) is 3.05. The van der Waals surface area contributed by atoms with E-state index in [1.54, 1.807) is 28.7 Å². The van der Waals surface area contributed by atoms with E-state index in [1.807, 2.05) is 0 Å². The minimum atomic E-state index is -4.71. The minimum absolute atomic E-state index is 0.0749. The second kappa shape index (κ2) is 4.87. The van der Waals surface area contributed by atoms with E-state index in [-0.39, 0.29) is 9.13 Å². The molecule has 1 aromatic rings. The Kier molecular flexibility index (Phi) is 3.92. The van der Waals surface area contributed by atoms with Crippen LogP contribution in [0.3, 0.4) is 0 Å². The SMILES string of the molecule is N#CCc1cc(I)c([N+](=O)[O-])cc1C(F)(F)F. The van der Waals surface area contributed by atoms with Gasteiger partial charge in [-0.1, -0.05) is 0 Å². The number of nitrogens with zero attached hydrogens (tertiary/aromatic N) is 2. The van der Waals surface area contributed by atoms with Crippen molar-refractivity contribution in [3.8, 4) is 6.07 Å². The molecule has 0 heterocycles. The van der Waals surface area contributed by atoms with Gasteiger partial charge in [0.1, 0.15) is 0 Å². The standard InChI is InChI=1S/C9H4F3IN2O2/c10-9(11,12)6-4-8(15(16)17)7(13)3-5(6)1-2-14/h3-4H,1H2. The van der Waals surface area contributed by atoms with Gasteiger partial charge in [0.2, 0.25) is 0 Å². The fraction of sp³-hybridized carbons (Fsp3) is 0.222. The summed E-state index contributed by atoms with van der Waals surface area (Å²) < 4.78 is 37.9. The van der Waals surface area contributed by atoms with Gasteiger partial charge in [-0.2, -0.15) is 18.4 Å². The Bertz CT molecular complexity index is 508. The van der Waals surface area contributed by atoms with Crippen molar-refractivity contribution in [3.63, 3.8) is 0 Å². The zero-order chi connectivity index (χ0) is 13.2. The van der Waals surface area contributed by atoms with Crippen LogP contribution in [-0.4, -0.2) is 4.92 Å². The molecule has 0 radical (unpaired) electrons. The number of benzene rings is 1. The summed E-state index contributed by atoms with van der Waals surface area (Å²) >= 11 is 1.57. The molecule has 1 aromatic carbocycles. The van der Waals surface area contributed by atoms with Crippen LogP contribution in [0, 0.1) is 25.0 Å². The lowest BCUT2D eigenvalue weighted by atomic mass is 10.0. The molecule has 0 spiro atoms. The van der Waals surface area contributed by atoms with Crippen molar-refractivity contribution in [2.75, 3.05) is 0 Å². The Hall–Kier alpha value is -1.37. The molecule has 90 valence electrons. The molecule has 0 atom stereocenters. The van der Waals surface area contributed by atoms with Crippen molar-refractivity contribution in [1.29, 1.82) is 5.26 Å². The molecule has 0 fully saturated rings. The zero-order valence-electron chi connectivity index (χ0n) is 8.08. The van der Waals surface area contributed by atoms with Crippen molar-refractivity contribution in [2.24, 2.45) is 0 Å². The highest BCUT2D eigenvalue weighted by molar-refractivity contribution is 14.1. The van der Waals surface area contributed by atoms with Gasteiger partial charge in [0.25, 0.3) is 5.69 Å². The normalized spacial score (nSPS) is 11.0. The molecule has 0 aliphatic heterocycles. The van der Waals surface area contributed by atoms with Gasteiger partial charge in [-0.15, -0.1) is 0 Å². The quantitative estimate of drug-likeness (QED) is 0.464. The fourth-order valence-corrected chi connectivity index (χ4v) is 1.97. The maximum atomic E-state index is 12.6. The van der Waals surface area contributed by atoms with Gasteiger partial charge in [-0.05, 0) is 34.2 Å². The van der Waals surface area contributed by atoms with Crippen LogP contribution >= 0.6 is 22.6 Å². The van der Waals surface area contributed by atoms with Crippen LogP contribution in [0.1, 0.15) is 11.1 Å². The summed E-state index contributed by atoms with van der Waals surface area (Å²) in [5.74, 6) is 0. The second-order valence-corrected chi connectivity index (χ2v) is 4.21. The molecule has 0 saturated carbocycles. The number of alkyl halides is 3. The first-order valence-electron chi connectivity index (χ1n) is 4.18. The zero-order valence-corrected chi connectivity index (χ0v) is 10.2. The van der Waals surface area contributed by atoms with E-state index >= 15 is 0 Å². The molecule has 8 heteroatoms. The fourth-order valence-electron chi connectivity index (χ4n) is 1.24. The van der Waals surface area contributed by atoms with Gasteiger partial charge in [0, 0.05) is 6.07 Å². The van der Waals surface area contributed by atoms with Crippen molar-refractivity contribution in [1.82, 2.24) is 0 Å². The predicted octanol–water partition coefficient (Wildman–Crippen LogP) is 3.28. The first-order valence-corrected chi connectivity index (χ1v) is 5.26. The van der Waals surface area contributed by atoms with E-state index in [1.165, 1.54) is 0 Å². The van der Waals surface area contributed by atoms with Crippen LogP contribution in [0.15, 0.2) is 12.1 Å². The average Bonchev–Trinajstić information content (AvgIpc) is 2.15. The van der Waals surface area contributed by atoms with E-state index in [0.717, 1.165) is 6.07 Å². The van der Waals surface area contributed by atoms with Crippen LogP contribution in [0.2, 0.25) is 0 Å². The number of nitro benzene ring substituents is 1. The summed E-state index contributed by atoms with van der Waals surface area (Å²) in [6, 6.07) is 3.08. The van der Waals surface area contributed by atoms with Crippen LogP contribution in [0.5, 0.6) is 0 Å². The first-order chi connectivity index (χ1) is 7.77. The Morgan fingerprint density at radius 1 is 1.47 bits per heavy atom. The summed E-state index contributed by atoms with van der Waals surface area (Å²) in [5, 5.41) is 19.0. The van der Waals surface area contributed by atoms with E-state index in [4.69, 9.17) is 5.26 Å². The molecule has 17 heavy (non-hydrogen) atoms. The number of nitro groups is 1. The summed E-state index contributed by atoms with van der Waals surface area (Å²) in [5.41, 5.74) is -2.00. The molecule has 0 aliphatic carbocycles. The number of hydrogen-bond donors (Lipinski definition) is 0. The maximum Gasteiger partial charge on any atom is 0.416 e. The Balaban J connectivity index is 3.49. The highest BCUT2D eigenvalue weighted by Crippen LogP contribution is 2.36. The van der Waals surface area contributed by atoms with Crippen LogP contribution in [0.25, 0.3) is 0 Å². The third-order valence-corrected chi connectivity index (χ3v) is 2.81. The van der Waals surface area contributed by atoms with Crippen molar-refractivity contribution >= 4 is 28.3 Å². The molecule has 0 saturated heterocycles. The van der Waals surface area contributed by atoms with Crippen LogP contribution in [0.4, 0.5) is 18.9 Å². The molecular formula is C9H4F3IN2O2. The van der Waals surface area contributed by atoms with E-state index in [0.29, 0.717) is 6.07 Å². The van der Waals surface area contributed by atoms with Crippen LogP contribution < -0.4 is 0 Å². The Morgan fingerprint density at radius 2 is 2.06 bits per heavy atom. The Labute approximate surface area is 107 Å². The average molecular weight is 356 g/mol. The largest absolute Gasteiger partial charge is 0.416 e. The molecule has 4 nitrogen and oxygen atoms in total. The monoisotopic (exact) mass is 356 g/mol. The maximum absolute atomic E-state index is 12.6. The predicted molar refractivity (Wildman–Crippen MR) is 60.1 cm³/mol. The Morgan fingerprint density at radius 3 is 2.47 bits per heavy atom. The molecular weight excluding hydrogens is 352 g/mol. The third kappa shape index (κ3) is 3.06. The lowest BCUT2D eigenvalue weighted by Gasteiger charge is -2.11. The first kappa shape index (κ1) is 13.7. The number of halogens is 4. The molecule has 0 N–H and O–H groups in total. The van der Waals surface area contributed by atoms with Gasteiger partial charge in [-0.25, -0.2) is 0 Å². The van der Waals surface area contributed by atoms with Gasteiger partial charge >= 0.3 is 6.18 Å². The lowest BCUT2D eigenvalue weighted by Crippen LogP contribution is -2.10. The lowest BCUT2D eigenvalue weighted by molar-refractivity contribution is -0.386. The van der Waals surface area contributed by atoms with Gasteiger partial charge < -0.3 is 0 Å².